The van der Waals surface area contributed by atoms with E-state index in [4.69, 9.17) is 4.42 Å². The molecule has 1 aromatic heterocycles. The molecule has 1 amide bonds. The number of hydrogen-bond acceptors (Lipinski definition) is 4. The summed E-state index contributed by atoms with van der Waals surface area (Å²) in [6, 6.07) is 9.30. The number of aromatic nitrogens is 1. The fourth-order valence-corrected chi connectivity index (χ4v) is 3.10. The lowest BCUT2D eigenvalue weighted by molar-refractivity contribution is 0.102. The van der Waals surface area contributed by atoms with Crippen molar-refractivity contribution in [2.24, 2.45) is 0 Å². The van der Waals surface area contributed by atoms with Gasteiger partial charge in [0.2, 0.25) is 0 Å². The normalized spacial score (nSPS) is 14.2. The third-order valence-corrected chi connectivity index (χ3v) is 4.33. The summed E-state index contributed by atoms with van der Waals surface area (Å²) >= 11 is 0. The quantitative estimate of drug-likeness (QED) is 0.767. The van der Waals surface area contributed by atoms with Crippen LogP contribution < -0.4 is 16.0 Å². The van der Waals surface area contributed by atoms with Crippen LogP contribution in [0.25, 0.3) is 11.1 Å². The first kappa shape index (κ1) is 15.4. The number of aromatic amines is 1. The average molecular weight is 341 g/mol. The minimum Gasteiger partial charge on any atom is -0.408 e. The second-order valence-electron chi connectivity index (χ2n) is 6.04. The highest BCUT2D eigenvalue weighted by Gasteiger charge is 2.17. The fourth-order valence-electron chi connectivity index (χ4n) is 3.10. The highest BCUT2D eigenvalue weighted by atomic mass is 19.1. The smallest absolute Gasteiger partial charge is 0.408 e. The number of benzene rings is 2. The van der Waals surface area contributed by atoms with Crippen LogP contribution in [-0.2, 0) is 0 Å². The molecule has 2 N–H and O–H groups in total. The van der Waals surface area contributed by atoms with Gasteiger partial charge < -0.3 is 14.6 Å². The standard InChI is InChI=1S/C18H16FN3O3/c19-13-9-11(3-5-15(13)22-7-1-2-8-22)17(23)20-12-4-6-16-14(10-12)21-18(24)25-16/h3-6,9-10H,1-2,7-8H2,(H,20,23)(H,21,24). The Bertz CT molecular complexity index is 1000. The third kappa shape index (κ3) is 3.00. The molecule has 0 aliphatic carbocycles. The van der Waals surface area contributed by atoms with Crippen molar-refractivity contribution in [2.45, 2.75) is 12.8 Å². The van der Waals surface area contributed by atoms with E-state index >= 15 is 0 Å². The van der Waals surface area contributed by atoms with Gasteiger partial charge in [0.1, 0.15) is 5.82 Å². The Labute approximate surface area is 142 Å². The van der Waals surface area contributed by atoms with Gasteiger partial charge in [-0.3, -0.25) is 9.78 Å². The van der Waals surface area contributed by atoms with E-state index in [-0.39, 0.29) is 5.56 Å². The highest BCUT2D eigenvalue weighted by molar-refractivity contribution is 6.05. The lowest BCUT2D eigenvalue weighted by Crippen LogP contribution is -2.19. The molecule has 2 aromatic carbocycles. The van der Waals surface area contributed by atoms with E-state index in [1.807, 2.05) is 4.90 Å². The van der Waals surface area contributed by atoms with E-state index < -0.39 is 17.5 Å². The number of anilines is 2. The molecular formula is C18H16FN3O3. The molecule has 0 saturated carbocycles. The molecule has 128 valence electrons. The minimum atomic E-state index is -0.557. The van der Waals surface area contributed by atoms with Crippen molar-refractivity contribution < 1.29 is 13.6 Å². The summed E-state index contributed by atoms with van der Waals surface area (Å²) in [5, 5.41) is 2.69. The zero-order valence-corrected chi connectivity index (χ0v) is 13.3. The highest BCUT2D eigenvalue weighted by Crippen LogP contribution is 2.25. The van der Waals surface area contributed by atoms with Crippen molar-refractivity contribution >= 4 is 28.4 Å². The molecule has 0 radical (unpaired) electrons. The van der Waals surface area contributed by atoms with E-state index in [1.165, 1.54) is 6.07 Å². The Balaban J connectivity index is 1.55. The van der Waals surface area contributed by atoms with E-state index in [9.17, 15) is 14.0 Å². The van der Waals surface area contributed by atoms with Crippen LogP contribution in [0, 0.1) is 5.82 Å². The van der Waals surface area contributed by atoms with Gasteiger partial charge in [-0.2, -0.15) is 0 Å². The van der Waals surface area contributed by atoms with Gasteiger partial charge in [-0.1, -0.05) is 0 Å². The van der Waals surface area contributed by atoms with E-state index in [2.05, 4.69) is 10.3 Å². The maximum atomic E-state index is 14.3. The van der Waals surface area contributed by atoms with Gasteiger partial charge in [-0.05, 0) is 49.2 Å². The number of carbonyl (C=O) groups is 1. The number of nitrogens with one attached hydrogen (secondary N) is 2. The maximum Gasteiger partial charge on any atom is 0.417 e. The van der Waals surface area contributed by atoms with Gasteiger partial charge in [0.25, 0.3) is 5.91 Å². The Morgan fingerprint density at radius 2 is 1.96 bits per heavy atom. The molecule has 25 heavy (non-hydrogen) atoms. The minimum absolute atomic E-state index is 0.237. The lowest BCUT2D eigenvalue weighted by atomic mass is 10.1. The average Bonchev–Trinajstić information content (AvgIpc) is 3.23. The molecule has 0 bridgehead atoms. The van der Waals surface area contributed by atoms with Gasteiger partial charge in [-0.25, -0.2) is 9.18 Å². The molecule has 7 heteroatoms. The Hall–Kier alpha value is -3.09. The van der Waals surface area contributed by atoms with Gasteiger partial charge in [0.15, 0.2) is 5.58 Å². The molecule has 6 nitrogen and oxygen atoms in total. The van der Waals surface area contributed by atoms with Crippen LogP contribution >= 0.6 is 0 Å². The van der Waals surface area contributed by atoms with Crippen LogP contribution in [-0.4, -0.2) is 24.0 Å². The van der Waals surface area contributed by atoms with Crippen LogP contribution in [0.15, 0.2) is 45.6 Å². The molecular weight excluding hydrogens is 325 g/mol. The Morgan fingerprint density at radius 1 is 1.16 bits per heavy atom. The number of rotatable bonds is 3. The second kappa shape index (κ2) is 6.08. The van der Waals surface area contributed by atoms with E-state index in [1.54, 1.807) is 30.3 Å². The number of oxazole rings is 1. The van der Waals surface area contributed by atoms with Crippen molar-refractivity contribution in [3.8, 4) is 0 Å². The van der Waals surface area contributed by atoms with Crippen molar-refractivity contribution in [1.82, 2.24) is 4.98 Å². The summed E-state index contributed by atoms with van der Waals surface area (Å²) < 4.78 is 19.3. The maximum absolute atomic E-state index is 14.3. The number of amides is 1. The monoisotopic (exact) mass is 341 g/mol. The van der Waals surface area contributed by atoms with E-state index in [0.29, 0.717) is 22.5 Å². The Morgan fingerprint density at radius 3 is 2.72 bits per heavy atom. The van der Waals surface area contributed by atoms with Crippen LogP contribution in [0.4, 0.5) is 15.8 Å². The Kier molecular flexibility index (Phi) is 3.76. The molecule has 0 atom stereocenters. The van der Waals surface area contributed by atoms with Gasteiger partial charge in [0.05, 0.1) is 11.2 Å². The van der Waals surface area contributed by atoms with Gasteiger partial charge >= 0.3 is 5.76 Å². The molecule has 1 saturated heterocycles. The topological polar surface area (TPSA) is 78.3 Å². The second-order valence-corrected chi connectivity index (χ2v) is 6.04. The first-order valence-corrected chi connectivity index (χ1v) is 8.09. The number of hydrogen-bond donors (Lipinski definition) is 2. The molecule has 4 rings (SSSR count). The summed E-state index contributed by atoms with van der Waals surface area (Å²) in [5.41, 5.74) is 2.15. The number of halogens is 1. The predicted molar refractivity (Wildman–Crippen MR) is 92.6 cm³/mol. The summed E-state index contributed by atoms with van der Waals surface area (Å²) in [6.45, 7) is 1.68. The van der Waals surface area contributed by atoms with Gasteiger partial charge in [0, 0.05) is 24.3 Å². The van der Waals surface area contributed by atoms with Crippen molar-refractivity contribution in [2.75, 3.05) is 23.3 Å². The number of fused-ring (bicyclic) bond motifs is 1. The van der Waals surface area contributed by atoms with Crippen LogP contribution in [0.5, 0.6) is 0 Å². The largest absolute Gasteiger partial charge is 0.417 e. The van der Waals surface area contributed by atoms with Gasteiger partial charge in [-0.15, -0.1) is 0 Å². The van der Waals surface area contributed by atoms with Crippen molar-refractivity contribution in [1.29, 1.82) is 0 Å². The van der Waals surface area contributed by atoms with Crippen LogP contribution in [0.1, 0.15) is 23.2 Å². The molecule has 1 aliphatic heterocycles. The summed E-state index contributed by atoms with van der Waals surface area (Å²) in [7, 11) is 0. The number of carbonyl (C=O) groups excluding carboxylic acids is 1. The lowest BCUT2D eigenvalue weighted by Gasteiger charge is -2.18. The van der Waals surface area contributed by atoms with Crippen molar-refractivity contribution in [3.63, 3.8) is 0 Å². The summed E-state index contributed by atoms with van der Waals surface area (Å²) in [4.78, 5) is 28.0. The molecule has 0 unspecified atom stereocenters. The first-order valence-electron chi connectivity index (χ1n) is 8.09. The number of H-pyrrole nitrogens is 1. The zero-order chi connectivity index (χ0) is 17.4. The molecule has 2 heterocycles. The fraction of sp³-hybridized carbons (Fsp3) is 0.222. The zero-order valence-electron chi connectivity index (χ0n) is 13.3. The van der Waals surface area contributed by atoms with Crippen LogP contribution in [0.3, 0.4) is 0 Å². The first-order chi connectivity index (χ1) is 12.1. The molecule has 3 aromatic rings. The summed E-state index contributed by atoms with van der Waals surface area (Å²) in [6.07, 6.45) is 2.11. The van der Waals surface area contributed by atoms with Crippen LogP contribution in [0.2, 0.25) is 0 Å². The molecule has 1 aliphatic rings. The summed E-state index contributed by atoms with van der Waals surface area (Å²) in [5.74, 6) is -1.38. The SMILES string of the molecule is O=C(Nc1ccc2oc(=O)[nH]c2c1)c1ccc(N2CCCC2)c(F)c1. The van der Waals surface area contributed by atoms with E-state index in [0.717, 1.165) is 25.9 Å². The number of nitrogens with zero attached hydrogens (tertiary/aromatic N) is 1. The predicted octanol–water partition coefficient (Wildman–Crippen LogP) is 3.11. The third-order valence-electron chi connectivity index (χ3n) is 4.33. The van der Waals surface area contributed by atoms with Crippen molar-refractivity contribution in [3.05, 3.63) is 58.3 Å². The molecule has 0 spiro atoms. The molecule has 1 fully saturated rings.